The van der Waals surface area contributed by atoms with E-state index in [0.29, 0.717) is 13.0 Å². The molecule has 0 aliphatic rings. The minimum atomic E-state index is -1.22. The number of carboxylic acids is 1. The van der Waals surface area contributed by atoms with E-state index < -0.39 is 11.9 Å². The van der Waals surface area contributed by atoms with Crippen LogP contribution in [0.4, 0.5) is 0 Å². The lowest BCUT2D eigenvalue weighted by Gasteiger charge is -2.23. The molecule has 114 valence electrons. The summed E-state index contributed by atoms with van der Waals surface area (Å²) in [4.78, 5) is 41.9. The van der Waals surface area contributed by atoms with Crippen LogP contribution in [0.3, 0.4) is 0 Å². The third-order valence-corrected chi connectivity index (χ3v) is 2.85. The Bertz CT molecular complexity index is 543. The fraction of sp³-hybridized carbons (Fsp3) is 0.429. The average molecular weight is 293 g/mol. The van der Waals surface area contributed by atoms with E-state index in [0.717, 1.165) is 0 Å². The molecule has 7 heteroatoms. The Morgan fingerprint density at radius 2 is 1.95 bits per heavy atom. The highest BCUT2D eigenvalue weighted by Crippen LogP contribution is 2.10. The number of aromatic nitrogens is 1. The zero-order valence-corrected chi connectivity index (χ0v) is 12.4. The summed E-state index contributed by atoms with van der Waals surface area (Å²) in [6.07, 6.45) is 2.01. The summed E-state index contributed by atoms with van der Waals surface area (Å²) in [5.41, 5.74) is -0.314. The van der Waals surface area contributed by atoms with Crippen LogP contribution >= 0.6 is 0 Å². The van der Waals surface area contributed by atoms with E-state index in [1.807, 2.05) is 6.92 Å². The highest BCUT2D eigenvalue weighted by Gasteiger charge is 2.24. The number of nitrogens with zero attached hydrogens (tertiary/aromatic N) is 3. The second-order valence-corrected chi connectivity index (χ2v) is 4.72. The predicted molar refractivity (Wildman–Crippen MR) is 76.1 cm³/mol. The van der Waals surface area contributed by atoms with E-state index in [1.54, 1.807) is 14.1 Å². The van der Waals surface area contributed by atoms with Gasteiger partial charge in [-0.25, -0.2) is 4.79 Å². The minimum Gasteiger partial charge on any atom is -0.478 e. The first-order valence-electron chi connectivity index (χ1n) is 6.56. The molecule has 1 heterocycles. The normalized spacial score (nSPS) is 10.0. The number of likely N-dealkylation sites (N-methyl/N-ethyl adjacent to an activating group) is 1. The molecule has 1 aromatic heterocycles. The highest BCUT2D eigenvalue weighted by atomic mass is 16.4. The summed E-state index contributed by atoms with van der Waals surface area (Å²) in [6.45, 7) is 2.13. The minimum absolute atomic E-state index is 0.102. The molecule has 0 atom stereocenters. The van der Waals surface area contributed by atoms with Gasteiger partial charge in [0, 0.05) is 26.8 Å². The van der Waals surface area contributed by atoms with E-state index >= 15 is 0 Å². The van der Waals surface area contributed by atoms with Crippen LogP contribution in [-0.2, 0) is 4.79 Å². The molecule has 0 aliphatic carbocycles. The fourth-order valence-corrected chi connectivity index (χ4v) is 1.73. The predicted octanol–water partition coefficient (Wildman–Crippen LogP) is 0.720. The Balaban J connectivity index is 3.06. The number of amides is 2. The maximum Gasteiger partial charge on any atom is 0.338 e. The SMILES string of the molecule is CCCN(CC(=O)N(C)C)C(=O)c1ncccc1C(=O)O. The van der Waals surface area contributed by atoms with Crippen LogP contribution in [0.5, 0.6) is 0 Å². The quantitative estimate of drug-likeness (QED) is 0.834. The van der Waals surface area contributed by atoms with Crippen LogP contribution in [0, 0.1) is 0 Å². The van der Waals surface area contributed by atoms with Gasteiger partial charge in [0.15, 0.2) is 0 Å². The van der Waals surface area contributed by atoms with Crippen molar-refractivity contribution in [3.8, 4) is 0 Å². The molecule has 0 radical (unpaired) electrons. The largest absolute Gasteiger partial charge is 0.478 e. The zero-order chi connectivity index (χ0) is 16.0. The van der Waals surface area contributed by atoms with E-state index in [1.165, 1.54) is 28.1 Å². The van der Waals surface area contributed by atoms with Crippen LogP contribution in [0.25, 0.3) is 0 Å². The van der Waals surface area contributed by atoms with Crippen molar-refractivity contribution in [3.63, 3.8) is 0 Å². The first kappa shape index (κ1) is 16.6. The number of carbonyl (C=O) groups excluding carboxylic acids is 2. The molecule has 1 aromatic rings. The molecule has 2 amide bonds. The van der Waals surface area contributed by atoms with Crippen molar-refractivity contribution >= 4 is 17.8 Å². The van der Waals surface area contributed by atoms with Crippen molar-refractivity contribution in [3.05, 3.63) is 29.6 Å². The smallest absolute Gasteiger partial charge is 0.338 e. The maximum atomic E-state index is 12.4. The number of aromatic carboxylic acids is 1. The summed E-state index contributed by atoms with van der Waals surface area (Å²) in [6, 6.07) is 2.77. The number of pyridine rings is 1. The molecule has 0 aromatic carbocycles. The van der Waals surface area contributed by atoms with Crippen molar-refractivity contribution in [2.75, 3.05) is 27.2 Å². The highest BCUT2D eigenvalue weighted by molar-refractivity contribution is 6.04. The van der Waals surface area contributed by atoms with Crippen molar-refractivity contribution in [2.45, 2.75) is 13.3 Å². The Labute approximate surface area is 123 Å². The summed E-state index contributed by atoms with van der Waals surface area (Å²) < 4.78 is 0. The van der Waals surface area contributed by atoms with Gasteiger partial charge in [-0.05, 0) is 18.6 Å². The van der Waals surface area contributed by atoms with Crippen LogP contribution in [-0.4, -0.2) is 64.9 Å². The number of carbonyl (C=O) groups is 3. The number of rotatable bonds is 6. The first-order valence-corrected chi connectivity index (χ1v) is 6.56. The summed E-state index contributed by atoms with van der Waals surface area (Å²) in [5.74, 6) is -2.00. The standard InChI is InChI=1S/C14H19N3O4/c1-4-8-17(9-11(18)16(2)3)13(19)12-10(14(20)21)6-5-7-15-12/h5-7H,4,8-9H2,1-3H3,(H,20,21). The average Bonchev–Trinajstić information content (AvgIpc) is 2.45. The van der Waals surface area contributed by atoms with Crippen molar-refractivity contribution < 1.29 is 19.5 Å². The third kappa shape index (κ3) is 4.27. The van der Waals surface area contributed by atoms with Crippen LogP contribution in [0.15, 0.2) is 18.3 Å². The van der Waals surface area contributed by atoms with Crippen LogP contribution < -0.4 is 0 Å². The molecular weight excluding hydrogens is 274 g/mol. The summed E-state index contributed by atoms with van der Waals surface area (Å²) >= 11 is 0. The topological polar surface area (TPSA) is 90.8 Å². The molecule has 0 bridgehead atoms. The fourth-order valence-electron chi connectivity index (χ4n) is 1.73. The molecule has 1 N–H and O–H groups in total. The molecule has 0 spiro atoms. The Hall–Kier alpha value is -2.44. The van der Waals surface area contributed by atoms with Crippen molar-refractivity contribution in [1.82, 2.24) is 14.8 Å². The van der Waals surface area contributed by atoms with Gasteiger partial charge < -0.3 is 14.9 Å². The number of hydrogen-bond acceptors (Lipinski definition) is 4. The van der Waals surface area contributed by atoms with Gasteiger partial charge in [-0.1, -0.05) is 6.92 Å². The molecule has 0 saturated heterocycles. The van der Waals surface area contributed by atoms with E-state index in [-0.39, 0.29) is 23.7 Å². The molecule has 1 rings (SSSR count). The second-order valence-electron chi connectivity index (χ2n) is 4.72. The van der Waals surface area contributed by atoms with Crippen molar-refractivity contribution in [1.29, 1.82) is 0 Å². The molecule has 0 fully saturated rings. The zero-order valence-electron chi connectivity index (χ0n) is 12.4. The van der Waals surface area contributed by atoms with Gasteiger partial charge in [0.2, 0.25) is 5.91 Å². The molecule has 7 nitrogen and oxygen atoms in total. The Kier molecular flexibility index (Phi) is 5.83. The van der Waals surface area contributed by atoms with E-state index in [9.17, 15) is 14.4 Å². The molecule has 0 saturated carbocycles. The van der Waals surface area contributed by atoms with Gasteiger partial charge >= 0.3 is 5.97 Å². The Morgan fingerprint density at radius 3 is 2.48 bits per heavy atom. The molecule has 0 unspecified atom stereocenters. The van der Waals surface area contributed by atoms with Crippen molar-refractivity contribution in [2.24, 2.45) is 0 Å². The number of hydrogen-bond donors (Lipinski definition) is 1. The monoisotopic (exact) mass is 293 g/mol. The van der Waals surface area contributed by atoms with E-state index in [2.05, 4.69) is 4.98 Å². The van der Waals surface area contributed by atoms with Gasteiger partial charge in [-0.15, -0.1) is 0 Å². The third-order valence-electron chi connectivity index (χ3n) is 2.85. The van der Waals surface area contributed by atoms with Gasteiger partial charge in [0.25, 0.3) is 5.91 Å². The van der Waals surface area contributed by atoms with Gasteiger partial charge in [-0.3, -0.25) is 14.6 Å². The molecule has 21 heavy (non-hydrogen) atoms. The Morgan fingerprint density at radius 1 is 1.29 bits per heavy atom. The first-order chi connectivity index (χ1) is 9.88. The molecule has 0 aliphatic heterocycles. The lowest BCUT2D eigenvalue weighted by Crippen LogP contribution is -2.41. The second kappa shape index (κ2) is 7.37. The lowest BCUT2D eigenvalue weighted by molar-refractivity contribution is -0.129. The van der Waals surface area contributed by atoms with E-state index in [4.69, 9.17) is 5.11 Å². The lowest BCUT2D eigenvalue weighted by atomic mass is 10.1. The van der Waals surface area contributed by atoms with Gasteiger partial charge in [0.05, 0.1) is 5.56 Å². The van der Waals surface area contributed by atoms with Crippen LogP contribution in [0.2, 0.25) is 0 Å². The number of carboxylic acid groups (broad SMARTS) is 1. The van der Waals surface area contributed by atoms with Crippen LogP contribution in [0.1, 0.15) is 34.2 Å². The van der Waals surface area contributed by atoms with Gasteiger partial charge in [-0.2, -0.15) is 0 Å². The summed E-state index contributed by atoms with van der Waals surface area (Å²) in [7, 11) is 3.20. The molecular formula is C14H19N3O4. The maximum absolute atomic E-state index is 12.4. The summed E-state index contributed by atoms with van der Waals surface area (Å²) in [5, 5.41) is 9.11. The van der Waals surface area contributed by atoms with Gasteiger partial charge in [0.1, 0.15) is 12.2 Å².